The second-order valence-electron chi connectivity index (χ2n) is 5.66. The largest absolute Gasteiger partial charge is 0.492 e. The van der Waals surface area contributed by atoms with Crippen LogP contribution < -0.4 is 14.8 Å². The summed E-state index contributed by atoms with van der Waals surface area (Å²) in [4.78, 5) is 16.5. The molecule has 0 fully saturated rings. The fourth-order valence-corrected chi connectivity index (χ4v) is 2.42. The maximum absolute atomic E-state index is 12.2. The number of para-hydroxylation sites is 2. The average molecular weight is 367 g/mol. The van der Waals surface area contributed by atoms with E-state index in [9.17, 15) is 4.79 Å². The Kier molecular flexibility index (Phi) is 6.04. The molecule has 2 aromatic carbocycles. The zero-order valence-corrected chi connectivity index (χ0v) is 15.3. The minimum Gasteiger partial charge on any atom is -0.492 e. The smallest absolute Gasteiger partial charge is 0.262 e. The van der Waals surface area contributed by atoms with Crippen LogP contribution in [0.15, 0.2) is 53.1 Å². The van der Waals surface area contributed by atoms with Gasteiger partial charge in [0.2, 0.25) is 0 Å². The van der Waals surface area contributed by atoms with Gasteiger partial charge in [0.25, 0.3) is 11.8 Å². The molecule has 0 unspecified atom stereocenters. The number of nitrogens with one attached hydrogen (secondary N) is 1. The number of hydrogen-bond donors (Lipinski definition) is 1. The fourth-order valence-electron chi connectivity index (χ4n) is 2.42. The van der Waals surface area contributed by atoms with E-state index in [4.69, 9.17) is 14.0 Å². The first kappa shape index (κ1) is 18.4. The zero-order chi connectivity index (χ0) is 19.1. The van der Waals surface area contributed by atoms with E-state index < -0.39 is 0 Å². The van der Waals surface area contributed by atoms with E-state index in [0.29, 0.717) is 41.9 Å². The van der Waals surface area contributed by atoms with Crippen molar-refractivity contribution in [3.63, 3.8) is 0 Å². The summed E-state index contributed by atoms with van der Waals surface area (Å²) in [5.41, 5.74) is 1.35. The van der Waals surface area contributed by atoms with E-state index in [0.717, 1.165) is 5.56 Å². The van der Waals surface area contributed by atoms with Crippen molar-refractivity contribution in [3.05, 3.63) is 54.4 Å². The normalized spacial score (nSPS) is 10.4. The summed E-state index contributed by atoms with van der Waals surface area (Å²) in [5, 5.41) is 6.68. The predicted molar refractivity (Wildman–Crippen MR) is 101 cm³/mol. The Bertz CT molecular complexity index is 908. The van der Waals surface area contributed by atoms with E-state index in [1.165, 1.54) is 0 Å². The van der Waals surface area contributed by atoms with Crippen molar-refractivity contribution >= 4 is 11.6 Å². The van der Waals surface area contributed by atoms with Gasteiger partial charge in [0.1, 0.15) is 11.5 Å². The summed E-state index contributed by atoms with van der Waals surface area (Å²) in [6.45, 7) is 4.23. The Morgan fingerprint density at radius 2 is 1.96 bits per heavy atom. The standard InChI is InChI=1S/C20H21N3O4/c1-3-18-22-20(27-23-18)14-8-7-9-15(12-14)26-13-19(24)21-16-10-5-6-11-17(16)25-4-2/h5-12H,3-4,13H2,1-2H3,(H,21,24). The fraction of sp³-hybridized carbons (Fsp3) is 0.250. The van der Waals surface area contributed by atoms with Gasteiger partial charge in [0.15, 0.2) is 12.4 Å². The van der Waals surface area contributed by atoms with Crippen LogP contribution in [-0.2, 0) is 11.2 Å². The number of anilines is 1. The van der Waals surface area contributed by atoms with Crippen LogP contribution in [0.4, 0.5) is 5.69 Å². The van der Waals surface area contributed by atoms with Crippen LogP contribution in [0.25, 0.3) is 11.5 Å². The molecule has 0 radical (unpaired) electrons. The lowest BCUT2D eigenvalue weighted by Crippen LogP contribution is -2.20. The molecular formula is C20H21N3O4. The van der Waals surface area contributed by atoms with Crippen molar-refractivity contribution < 1.29 is 18.8 Å². The van der Waals surface area contributed by atoms with Crippen LogP contribution in [0.5, 0.6) is 11.5 Å². The summed E-state index contributed by atoms with van der Waals surface area (Å²) in [6, 6.07) is 14.4. The Hall–Kier alpha value is -3.35. The molecule has 1 aromatic heterocycles. The highest BCUT2D eigenvalue weighted by atomic mass is 16.5. The number of carbonyl (C=O) groups is 1. The van der Waals surface area contributed by atoms with Gasteiger partial charge in [0.05, 0.1) is 12.3 Å². The Morgan fingerprint density at radius 3 is 2.74 bits per heavy atom. The number of ether oxygens (including phenoxy) is 2. The molecule has 0 saturated heterocycles. The third kappa shape index (κ3) is 4.84. The van der Waals surface area contributed by atoms with Crippen molar-refractivity contribution in [1.82, 2.24) is 10.1 Å². The minimum atomic E-state index is -0.279. The van der Waals surface area contributed by atoms with Crippen LogP contribution in [0, 0.1) is 0 Å². The lowest BCUT2D eigenvalue weighted by atomic mass is 10.2. The molecule has 0 aliphatic carbocycles. The lowest BCUT2D eigenvalue weighted by molar-refractivity contribution is -0.118. The molecular weight excluding hydrogens is 346 g/mol. The molecule has 140 valence electrons. The van der Waals surface area contributed by atoms with Crippen LogP contribution in [0.1, 0.15) is 19.7 Å². The molecule has 3 rings (SSSR count). The van der Waals surface area contributed by atoms with Gasteiger partial charge in [-0.05, 0) is 37.3 Å². The van der Waals surface area contributed by atoms with E-state index >= 15 is 0 Å². The molecule has 1 amide bonds. The van der Waals surface area contributed by atoms with Gasteiger partial charge < -0.3 is 19.3 Å². The number of aromatic nitrogens is 2. The van der Waals surface area contributed by atoms with Crippen molar-refractivity contribution in [2.45, 2.75) is 20.3 Å². The Morgan fingerprint density at radius 1 is 1.11 bits per heavy atom. The van der Waals surface area contributed by atoms with Crippen molar-refractivity contribution in [1.29, 1.82) is 0 Å². The SMILES string of the molecule is CCOc1ccccc1NC(=O)COc1cccc(-c2nc(CC)no2)c1. The molecule has 7 heteroatoms. The Labute approximate surface area is 157 Å². The molecule has 7 nitrogen and oxygen atoms in total. The number of carbonyl (C=O) groups excluding carboxylic acids is 1. The summed E-state index contributed by atoms with van der Waals surface area (Å²) < 4.78 is 16.3. The third-order valence-corrected chi connectivity index (χ3v) is 3.70. The summed E-state index contributed by atoms with van der Waals surface area (Å²) in [7, 11) is 0. The summed E-state index contributed by atoms with van der Waals surface area (Å²) in [6.07, 6.45) is 0.698. The van der Waals surface area contributed by atoms with Crippen molar-refractivity contribution in [2.24, 2.45) is 0 Å². The van der Waals surface area contributed by atoms with Gasteiger partial charge in [-0.3, -0.25) is 4.79 Å². The monoisotopic (exact) mass is 367 g/mol. The molecule has 1 N–H and O–H groups in total. The highest BCUT2D eigenvalue weighted by Gasteiger charge is 2.11. The minimum absolute atomic E-state index is 0.131. The van der Waals surface area contributed by atoms with Gasteiger partial charge >= 0.3 is 0 Å². The third-order valence-electron chi connectivity index (χ3n) is 3.70. The second kappa shape index (κ2) is 8.84. The number of rotatable bonds is 8. The quantitative estimate of drug-likeness (QED) is 0.653. The molecule has 0 atom stereocenters. The number of nitrogens with zero attached hydrogens (tertiary/aromatic N) is 2. The highest BCUT2D eigenvalue weighted by Crippen LogP contribution is 2.24. The van der Waals surface area contributed by atoms with E-state index in [2.05, 4.69) is 15.5 Å². The van der Waals surface area contributed by atoms with Gasteiger partial charge in [-0.15, -0.1) is 0 Å². The van der Waals surface area contributed by atoms with Crippen LogP contribution in [0.3, 0.4) is 0 Å². The highest BCUT2D eigenvalue weighted by molar-refractivity contribution is 5.93. The van der Waals surface area contributed by atoms with Gasteiger partial charge in [0, 0.05) is 12.0 Å². The number of amides is 1. The van der Waals surface area contributed by atoms with E-state index in [1.54, 1.807) is 24.3 Å². The first-order chi connectivity index (χ1) is 13.2. The van der Waals surface area contributed by atoms with E-state index in [-0.39, 0.29) is 12.5 Å². The van der Waals surface area contributed by atoms with Gasteiger partial charge in [-0.2, -0.15) is 4.98 Å². The maximum Gasteiger partial charge on any atom is 0.262 e. The van der Waals surface area contributed by atoms with Crippen molar-refractivity contribution in [3.8, 4) is 23.0 Å². The summed E-state index contributed by atoms with van der Waals surface area (Å²) >= 11 is 0. The molecule has 3 aromatic rings. The number of benzene rings is 2. The average Bonchev–Trinajstić information content (AvgIpc) is 3.18. The predicted octanol–water partition coefficient (Wildman–Crippen LogP) is 3.72. The molecule has 0 aliphatic heterocycles. The first-order valence-corrected chi connectivity index (χ1v) is 8.77. The van der Waals surface area contributed by atoms with Crippen LogP contribution in [-0.4, -0.2) is 29.3 Å². The first-order valence-electron chi connectivity index (χ1n) is 8.77. The summed E-state index contributed by atoms with van der Waals surface area (Å²) in [5.74, 6) is 1.95. The van der Waals surface area contributed by atoms with Crippen LogP contribution in [0.2, 0.25) is 0 Å². The van der Waals surface area contributed by atoms with Crippen molar-refractivity contribution in [2.75, 3.05) is 18.5 Å². The molecule has 0 spiro atoms. The molecule has 27 heavy (non-hydrogen) atoms. The lowest BCUT2D eigenvalue weighted by Gasteiger charge is -2.12. The maximum atomic E-state index is 12.2. The second-order valence-corrected chi connectivity index (χ2v) is 5.66. The molecule has 0 aliphatic rings. The zero-order valence-electron chi connectivity index (χ0n) is 15.3. The Balaban J connectivity index is 1.61. The van der Waals surface area contributed by atoms with Crippen LogP contribution >= 0.6 is 0 Å². The topological polar surface area (TPSA) is 86.5 Å². The van der Waals surface area contributed by atoms with Gasteiger partial charge in [-0.25, -0.2) is 0 Å². The molecule has 1 heterocycles. The number of aryl methyl sites for hydroxylation is 1. The van der Waals surface area contributed by atoms with Gasteiger partial charge in [-0.1, -0.05) is 30.3 Å². The van der Waals surface area contributed by atoms with E-state index in [1.807, 2.05) is 38.1 Å². The number of hydrogen-bond acceptors (Lipinski definition) is 6. The molecule has 0 saturated carbocycles. The molecule has 0 bridgehead atoms.